The molecule has 192 valence electrons. The Bertz CT molecular complexity index is 1570. The van der Waals surface area contributed by atoms with Crippen molar-refractivity contribution in [2.24, 2.45) is 0 Å². The van der Waals surface area contributed by atoms with E-state index < -0.39 is 0 Å². The summed E-state index contributed by atoms with van der Waals surface area (Å²) < 4.78 is 13.4. The molecule has 1 saturated heterocycles. The van der Waals surface area contributed by atoms with Crippen molar-refractivity contribution >= 4 is 34.4 Å². The molecule has 11 nitrogen and oxygen atoms in total. The summed E-state index contributed by atoms with van der Waals surface area (Å²) in [5, 5.41) is 8.41. The molecule has 0 radical (unpaired) electrons. The predicted octanol–water partition coefficient (Wildman–Crippen LogP) is 3.41. The Kier molecular flexibility index (Phi) is 5.87. The number of anilines is 2. The van der Waals surface area contributed by atoms with Crippen molar-refractivity contribution in [1.29, 1.82) is 0 Å². The van der Waals surface area contributed by atoms with Gasteiger partial charge in [-0.2, -0.15) is 5.10 Å². The number of nitrogens with zero attached hydrogens (tertiary/aromatic N) is 5. The van der Waals surface area contributed by atoms with Crippen molar-refractivity contribution < 1.29 is 19.1 Å². The molecule has 2 aliphatic heterocycles. The second-order valence-corrected chi connectivity index (χ2v) is 9.08. The van der Waals surface area contributed by atoms with Gasteiger partial charge in [0, 0.05) is 24.2 Å². The predicted molar refractivity (Wildman–Crippen MR) is 141 cm³/mol. The number of nitrogens with one attached hydrogen (secondary N) is 1. The summed E-state index contributed by atoms with van der Waals surface area (Å²) in [5.41, 5.74) is 9.07. The molecule has 4 aromatic rings. The van der Waals surface area contributed by atoms with Gasteiger partial charge in [-0.05, 0) is 43.2 Å². The SMILES string of the molecule is C=CC(=O)N1CCC[C@@H](n2nc(-c3ccc(NC(=O)c4ccccc4)c4c3OCO4)c3c(N)ncnc32)C1. The van der Waals surface area contributed by atoms with Gasteiger partial charge < -0.3 is 25.4 Å². The number of benzene rings is 2. The third kappa shape index (κ3) is 3.97. The first-order valence-corrected chi connectivity index (χ1v) is 12.2. The lowest BCUT2D eigenvalue weighted by Crippen LogP contribution is -2.40. The first-order valence-electron chi connectivity index (χ1n) is 12.2. The Labute approximate surface area is 217 Å². The zero-order valence-electron chi connectivity index (χ0n) is 20.5. The largest absolute Gasteiger partial charge is 0.453 e. The Hall–Kier alpha value is -4.93. The van der Waals surface area contributed by atoms with Crippen LogP contribution in [-0.2, 0) is 4.79 Å². The van der Waals surface area contributed by atoms with Crippen LogP contribution in [0.2, 0.25) is 0 Å². The van der Waals surface area contributed by atoms with Crippen LogP contribution in [0.4, 0.5) is 11.5 Å². The van der Waals surface area contributed by atoms with Crippen LogP contribution in [-0.4, -0.2) is 56.3 Å². The Morgan fingerprint density at radius 1 is 1.11 bits per heavy atom. The number of aromatic nitrogens is 4. The van der Waals surface area contributed by atoms with E-state index in [0.717, 1.165) is 12.8 Å². The maximum absolute atomic E-state index is 12.8. The fourth-order valence-electron chi connectivity index (χ4n) is 4.99. The first kappa shape index (κ1) is 23.5. The van der Waals surface area contributed by atoms with E-state index in [1.54, 1.807) is 41.3 Å². The number of nitrogens with two attached hydrogens (primary N) is 1. The van der Waals surface area contributed by atoms with Gasteiger partial charge in [-0.3, -0.25) is 9.59 Å². The molecule has 1 fully saturated rings. The van der Waals surface area contributed by atoms with Crippen molar-refractivity contribution in [3.63, 3.8) is 0 Å². The molecule has 0 spiro atoms. The molecule has 1 atom stereocenters. The third-order valence-corrected chi connectivity index (χ3v) is 6.80. The molecule has 2 aromatic heterocycles. The molecule has 2 aromatic carbocycles. The van der Waals surface area contributed by atoms with Crippen molar-refractivity contribution in [1.82, 2.24) is 24.6 Å². The minimum Gasteiger partial charge on any atom is -0.453 e. The summed E-state index contributed by atoms with van der Waals surface area (Å²) in [6, 6.07) is 12.4. The maximum Gasteiger partial charge on any atom is 0.255 e. The van der Waals surface area contributed by atoms with E-state index in [2.05, 4.69) is 21.9 Å². The zero-order valence-corrected chi connectivity index (χ0v) is 20.5. The van der Waals surface area contributed by atoms with Crippen LogP contribution in [0.15, 0.2) is 61.4 Å². The van der Waals surface area contributed by atoms with Gasteiger partial charge in [-0.25, -0.2) is 14.6 Å². The minimum atomic E-state index is -0.264. The Balaban J connectivity index is 1.41. The highest BCUT2D eigenvalue weighted by Crippen LogP contribution is 2.48. The fraction of sp³-hybridized carbons (Fsp3) is 0.222. The second-order valence-electron chi connectivity index (χ2n) is 9.08. The molecule has 38 heavy (non-hydrogen) atoms. The first-order chi connectivity index (χ1) is 18.5. The van der Waals surface area contributed by atoms with Crippen LogP contribution in [0, 0.1) is 0 Å². The number of piperidine rings is 1. The molecule has 3 N–H and O–H groups in total. The summed E-state index contributed by atoms with van der Waals surface area (Å²) in [4.78, 5) is 35.5. The van der Waals surface area contributed by atoms with Crippen molar-refractivity contribution in [2.75, 3.05) is 30.9 Å². The van der Waals surface area contributed by atoms with E-state index in [0.29, 0.717) is 58.1 Å². The van der Waals surface area contributed by atoms with Crippen molar-refractivity contribution in [3.8, 4) is 22.8 Å². The minimum absolute atomic E-state index is 0.00751. The number of carbonyl (C=O) groups excluding carboxylic acids is 2. The van der Waals surface area contributed by atoms with Crippen LogP contribution in [0.25, 0.3) is 22.3 Å². The topological polar surface area (TPSA) is 137 Å². The normalized spacial score (nSPS) is 16.4. The average Bonchev–Trinajstić information content (AvgIpc) is 3.60. The molecule has 0 unspecified atom stereocenters. The Morgan fingerprint density at radius 3 is 2.74 bits per heavy atom. The molecule has 2 amide bonds. The number of rotatable bonds is 5. The van der Waals surface area contributed by atoms with E-state index in [4.69, 9.17) is 20.3 Å². The lowest BCUT2D eigenvalue weighted by atomic mass is 10.1. The molecule has 0 saturated carbocycles. The van der Waals surface area contributed by atoms with Gasteiger partial charge in [-0.15, -0.1) is 0 Å². The standard InChI is InChI=1S/C27H25N7O4/c1-2-20(35)33-12-6-9-17(13-33)34-26-21(25(28)29-14-30-26)22(32-34)18-10-11-19(24-23(18)37-15-38-24)31-27(36)16-7-4-3-5-8-16/h2-5,7-8,10-11,14,17H,1,6,9,12-13,15H2,(H,31,36)(H2,28,29,30)/t17-/m1/s1. The lowest BCUT2D eigenvalue weighted by molar-refractivity contribution is -0.127. The quantitative estimate of drug-likeness (QED) is 0.389. The van der Waals surface area contributed by atoms with Crippen LogP contribution in [0.5, 0.6) is 11.5 Å². The van der Waals surface area contributed by atoms with Gasteiger partial charge in [0.1, 0.15) is 17.8 Å². The van der Waals surface area contributed by atoms with Gasteiger partial charge in [0.25, 0.3) is 5.91 Å². The van der Waals surface area contributed by atoms with Crippen LogP contribution < -0.4 is 20.5 Å². The molecule has 0 bridgehead atoms. The molecule has 11 heteroatoms. The Morgan fingerprint density at radius 2 is 1.92 bits per heavy atom. The third-order valence-electron chi connectivity index (χ3n) is 6.80. The summed E-state index contributed by atoms with van der Waals surface area (Å²) in [6.45, 7) is 4.75. The highest BCUT2D eigenvalue weighted by molar-refractivity contribution is 6.06. The van der Waals surface area contributed by atoms with E-state index in [1.807, 2.05) is 10.7 Å². The highest BCUT2D eigenvalue weighted by atomic mass is 16.7. The number of likely N-dealkylation sites (tertiary alicyclic amines) is 1. The molecular weight excluding hydrogens is 486 g/mol. The second kappa shape index (κ2) is 9.51. The number of carbonyl (C=O) groups is 2. The van der Waals surface area contributed by atoms with E-state index >= 15 is 0 Å². The smallest absolute Gasteiger partial charge is 0.255 e. The average molecular weight is 512 g/mol. The zero-order chi connectivity index (χ0) is 26.2. The number of nitrogen functional groups attached to an aromatic ring is 1. The molecule has 6 rings (SSSR count). The van der Waals surface area contributed by atoms with Crippen LogP contribution in [0.1, 0.15) is 29.2 Å². The van der Waals surface area contributed by atoms with E-state index in [-0.39, 0.29) is 30.5 Å². The van der Waals surface area contributed by atoms with Gasteiger partial charge in [0.15, 0.2) is 17.1 Å². The van der Waals surface area contributed by atoms with Crippen LogP contribution in [0.3, 0.4) is 0 Å². The number of hydrogen-bond donors (Lipinski definition) is 2. The van der Waals surface area contributed by atoms with Gasteiger partial charge in [0.05, 0.1) is 17.1 Å². The summed E-state index contributed by atoms with van der Waals surface area (Å²) in [6.07, 6.45) is 4.38. The number of fused-ring (bicyclic) bond motifs is 2. The van der Waals surface area contributed by atoms with E-state index in [1.165, 1.54) is 12.4 Å². The summed E-state index contributed by atoms with van der Waals surface area (Å²) in [5.74, 6) is 0.750. The van der Waals surface area contributed by atoms with E-state index in [9.17, 15) is 9.59 Å². The van der Waals surface area contributed by atoms with Gasteiger partial charge >= 0.3 is 0 Å². The fourth-order valence-corrected chi connectivity index (χ4v) is 4.99. The summed E-state index contributed by atoms with van der Waals surface area (Å²) >= 11 is 0. The van der Waals surface area contributed by atoms with Gasteiger partial charge in [-0.1, -0.05) is 24.8 Å². The molecule has 2 aliphatic rings. The van der Waals surface area contributed by atoms with Crippen molar-refractivity contribution in [3.05, 3.63) is 67.0 Å². The van der Waals surface area contributed by atoms with Crippen LogP contribution >= 0.6 is 0 Å². The van der Waals surface area contributed by atoms with Gasteiger partial charge in [0.2, 0.25) is 12.7 Å². The number of amides is 2. The maximum atomic E-state index is 12.8. The summed E-state index contributed by atoms with van der Waals surface area (Å²) in [7, 11) is 0. The lowest BCUT2D eigenvalue weighted by Gasteiger charge is -2.32. The number of ether oxygens (including phenoxy) is 2. The highest BCUT2D eigenvalue weighted by Gasteiger charge is 2.31. The molecular formula is C27H25N7O4. The molecule has 4 heterocycles. The monoisotopic (exact) mass is 511 g/mol. The molecule has 0 aliphatic carbocycles. The van der Waals surface area contributed by atoms with Crippen molar-refractivity contribution in [2.45, 2.75) is 18.9 Å². The number of hydrogen-bond acceptors (Lipinski definition) is 8.